The predicted molar refractivity (Wildman–Crippen MR) is 34.7 cm³/mol. The van der Waals surface area contributed by atoms with E-state index in [0.717, 1.165) is 0 Å². The van der Waals surface area contributed by atoms with Crippen LogP contribution in [0.25, 0.3) is 0 Å². The van der Waals surface area contributed by atoms with Crippen LogP contribution in [0.5, 0.6) is 0 Å². The van der Waals surface area contributed by atoms with Crippen molar-refractivity contribution in [2.75, 3.05) is 0 Å². The van der Waals surface area contributed by atoms with Gasteiger partial charge in [-0.1, -0.05) is 34.8 Å². The minimum Gasteiger partial charge on any atom is -0.227 e. The largest absolute Gasteiger partial charge is 0.227 e. The Bertz CT molecular complexity index is 104. The summed E-state index contributed by atoms with van der Waals surface area (Å²) in [5, 5.41) is 10.3. The maximum atomic E-state index is 10.3. The zero-order valence-corrected chi connectivity index (χ0v) is 6.39. The SMILES string of the molecule is CC([O])C(Cl)=C(Cl)Cl. The van der Waals surface area contributed by atoms with Crippen LogP contribution in [0.15, 0.2) is 9.52 Å². The minimum absolute atomic E-state index is 0.0340. The Balaban J connectivity index is 4.00. The van der Waals surface area contributed by atoms with E-state index < -0.39 is 6.10 Å². The van der Waals surface area contributed by atoms with Gasteiger partial charge in [0.2, 0.25) is 0 Å². The van der Waals surface area contributed by atoms with E-state index >= 15 is 0 Å². The molecule has 0 N–H and O–H groups in total. The van der Waals surface area contributed by atoms with Gasteiger partial charge in [0.05, 0.1) is 5.03 Å². The van der Waals surface area contributed by atoms with Crippen LogP contribution in [0.4, 0.5) is 0 Å². The Hall–Kier alpha value is 0.570. The van der Waals surface area contributed by atoms with Gasteiger partial charge in [0, 0.05) is 0 Å². The Morgan fingerprint density at radius 1 is 1.38 bits per heavy atom. The first kappa shape index (κ1) is 8.57. The fourth-order valence-electron chi connectivity index (χ4n) is 0.154. The van der Waals surface area contributed by atoms with Gasteiger partial charge in [-0.25, -0.2) is 5.11 Å². The molecule has 1 atom stereocenters. The maximum Gasteiger partial charge on any atom is 0.128 e. The summed E-state index contributed by atoms with van der Waals surface area (Å²) in [6.45, 7) is 1.37. The summed E-state index contributed by atoms with van der Waals surface area (Å²) in [6.07, 6.45) is -1.03. The molecule has 1 nitrogen and oxygen atoms in total. The normalized spacial score (nSPS) is 13.1. The molecule has 0 saturated carbocycles. The molecule has 0 saturated heterocycles. The molecule has 0 bridgehead atoms. The van der Waals surface area contributed by atoms with Crippen LogP contribution in [0.1, 0.15) is 6.92 Å². The van der Waals surface area contributed by atoms with Crippen molar-refractivity contribution in [3.8, 4) is 0 Å². The molecule has 4 heteroatoms. The molecule has 0 fully saturated rings. The van der Waals surface area contributed by atoms with Gasteiger partial charge in [-0.3, -0.25) is 0 Å². The van der Waals surface area contributed by atoms with Crippen molar-refractivity contribution in [2.45, 2.75) is 13.0 Å². The van der Waals surface area contributed by atoms with E-state index in [1.54, 1.807) is 0 Å². The van der Waals surface area contributed by atoms with Crippen molar-refractivity contribution in [2.24, 2.45) is 0 Å². The van der Waals surface area contributed by atoms with Crippen molar-refractivity contribution in [3.63, 3.8) is 0 Å². The third-order valence-corrected chi connectivity index (χ3v) is 1.63. The molecule has 0 rings (SSSR count). The molecular formula is C4H4Cl3O. The molecule has 0 aliphatic carbocycles. The van der Waals surface area contributed by atoms with E-state index in [2.05, 4.69) is 0 Å². The fourth-order valence-corrected chi connectivity index (χ4v) is 0.461. The van der Waals surface area contributed by atoms with Crippen LogP contribution in [0, 0.1) is 0 Å². The molecule has 1 radical (unpaired) electrons. The van der Waals surface area contributed by atoms with Gasteiger partial charge in [-0.15, -0.1) is 0 Å². The summed E-state index contributed by atoms with van der Waals surface area (Å²) >= 11 is 15.5. The van der Waals surface area contributed by atoms with Crippen LogP contribution in [-0.2, 0) is 5.11 Å². The van der Waals surface area contributed by atoms with Gasteiger partial charge >= 0.3 is 0 Å². The second-order valence-corrected chi connectivity index (χ2v) is 2.61. The van der Waals surface area contributed by atoms with E-state index in [-0.39, 0.29) is 9.52 Å². The van der Waals surface area contributed by atoms with Crippen LogP contribution in [0.2, 0.25) is 0 Å². The monoisotopic (exact) mass is 173 g/mol. The Morgan fingerprint density at radius 3 is 1.75 bits per heavy atom. The Morgan fingerprint density at radius 2 is 1.75 bits per heavy atom. The highest BCUT2D eigenvalue weighted by Gasteiger charge is 2.06. The Labute approximate surface area is 62.8 Å². The molecule has 47 valence electrons. The number of hydrogen-bond acceptors (Lipinski definition) is 0. The molecular weight excluding hydrogens is 170 g/mol. The van der Waals surface area contributed by atoms with E-state index in [1.807, 2.05) is 0 Å². The lowest BCUT2D eigenvalue weighted by atomic mass is 10.4. The van der Waals surface area contributed by atoms with E-state index in [9.17, 15) is 5.11 Å². The summed E-state index contributed by atoms with van der Waals surface area (Å²) in [4.78, 5) is 0. The molecule has 0 aromatic carbocycles. The minimum atomic E-state index is -1.03. The summed E-state index contributed by atoms with van der Waals surface area (Å²) in [7, 11) is 0. The van der Waals surface area contributed by atoms with Crippen LogP contribution in [0.3, 0.4) is 0 Å². The third-order valence-electron chi connectivity index (χ3n) is 0.537. The van der Waals surface area contributed by atoms with E-state index in [4.69, 9.17) is 34.8 Å². The smallest absolute Gasteiger partial charge is 0.128 e. The van der Waals surface area contributed by atoms with Gasteiger partial charge < -0.3 is 0 Å². The number of hydrogen-bond donors (Lipinski definition) is 0. The van der Waals surface area contributed by atoms with Crippen molar-refractivity contribution >= 4 is 34.8 Å². The molecule has 8 heavy (non-hydrogen) atoms. The molecule has 0 aromatic heterocycles. The topological polar surface area (TPSA) is 19.9 Å². The van der Waals surface area contributed by atoms with E-state index in [1.165, 1.54) is 6.92 Å². The maximum absolute atomic E-state index is 10.3. The summed E-state index contributed by atoms with van der Waals surface area (Å²) in [6, 6.07) is 0. The van der Waals surface area contributed by atoms with Crippen LogP contribution in [-0.4, -0.2) is 6.10 Å². The highest BCUT2D eigenvalue weighted by atomic mass is 35.5. The standard InChI is InChI=1S/C4H4Cl3O/c1-2(8)3(5)4(6)7/h2H,1H3. The van der Waals surface area contributed by atoms with Crippen molar-refractivity contribution < 1.29 is 5.11 Å². The molecule has 0 spiro atoms. The van der Waals surface area contributed by atoms with Crippen LogP contribution >= 0.6 is 34.8 Å². The molecule has 0 aliphatic rings. The van der Waals surface area contributed by atoms with Crippen molar-refractivity contribution in [3.05, 3.63) is 9.52 Å². The highest BCUT2D eigenvalue weighted by Crippen LogP contribution is 2.20. The summed E-state index contributed by atoms with van der Waals surface area (Å²) < 4.78 is -0.144. The fraction of sp³-hybridized carbons (Fsp3) is 0.500. The molecule has 0 aliphatic heterocycles. The van der Waals surface area contributed by atoms with Crippen molar-refractivity contribution in [1.29, 1.82) is 0 Å². The van der Waals surface area contributed by atoms with Gasteiger partial charge in [-0.05, 0) is 6.92 Å². The lowest BCUT2D eigenvalue weighted by Gasteiger charge is -1.96. The molecule has 0 amide bonds. The number of halogens is 3. The molecule has 0 heterocycles. The van der Waals surface area contributed by atoms with Gasteiger partial charge in [0.1, 0.15) is 10.6 Å². The lowest BCUT2D eigenvalue weighted by molar-refractivity contribution is 0.142. The zero-order valence-electron chi connectivity index (χ0n) is 4.12. The van der Waals surface area contributed by atoms with Gasteiger partial charge in [0.25, 0.3) is 0 Å². The summed E-state index contributed by atoms with van der Waals surface area (Å²) in [5.41, 5.74) is 0. The first-order valence-corrected chi connectivity index (χ1v) is 3.05. The third kappa shape index (κ3) is 2.78. The van der Waals surface area contributed by atoms with Gasteiger partial charge in [0.15, 0.2) is 0 Å². The van der Waals surface area contributed by atoms with E-state index in [0.29, 0.717) is 0 Å². The first-order valence-electron chi connectivity index (χ1n) is 1.92. The predicted octanol–water partition coefficient (Wildman–Crippen LogP) is 2.69. The quantitative estimate of drug-likeness (QED) is 0.582. The Kier molecular flexibility index (Phi) is 3.82. The zero-order chi connectivity index (χ0) is 6.73. The second-order valence-electron chi connectivity index (χ2n) is 1.25. The van der Waals surface area contributed by atoms with Crippen LogP contribution < -0.4 is 0 Å². The molecule has 0 aromatic rings. The molecule has 1 unspecified atom stereocenters. The average Bonchev–Trinajstić information content (AvgIpc) is 1.64. The van der Waals surface area contributed by atoms with Crippen molar-refractivity contribution in [1.82, 2.24) is 0 Å². The lowest BCUT2D eigenvalue weighted by Crippen LogP contribution is -1.96. The number of rotatable bonds is 1. The second kappa shape index (κ2) is 3.57. The van der Waals surface area contributed by atoms with Gasteiger partial charge in [-0.2, -0.15) is 0 Å². The highest BCUT2D eigenvalue weighted by molar-refractivity contribution is 6.59. The average molecular weight is 174 g/mol. The summed E-state index contributed by atoms with van der Waals surface area (Å²) in [5.74, 6) is 0. The first-order chi connectivity index (χ1) is 3.55.